The number of alkyl carbamates (subject to hydrolysis) is 3. The summed E-state index contributed by atoms with van der Waals surface area (Å²) in [6.07, 6.45) is -6.55. The van der Waals surface area contributed by atoms with Crippen LogP contribution in [-0.2, 0) is 76.0 Å². The molecule has 3 amide bonds. The number of esters is 3. The average molecular weight is 2030 g/mol. The topological polar surface area (TPSA) is 420 Å². The van der Waals surface area contributed by atoms with Gasteiger partial charge in [0.05, 0.1) is 110 Å². The number of hydrogen-bond donors (Lipinski definition) is 11. The number of rotatable bonds is 21. The Balaban J connectivity index is 0.000000193. The zero-order valence-electron chi connectivity index (χ0n) is 94.4. The highest BCUT2D eigenvalue weighted by Crippen LogP contribution is 2.77. The number of fused-ring (bicyclic) bond motifs is 13. The fourth-order valence-electron chi connectivity index (χ4n) is 33.2. The molecule has 5 heterocycles. The Hall–Kier alpha value is -5.68. The fourth-order valence-corrected chi connectivity index (χ4v) is 33.2. The van der Waals surface area contributed by atoms with Crippen molar-refractivity contribution in [2.45, 2.75) is 477 Å². The zero-order chi connectivity index (χ0) is 109. The maximum atomic E-state index is 14.1. The van der Waals surface area contributed by atoms with Crippen LogP contribution in [0.5, 0.6) is 0 Å². The monoisotopic (exact) mass is 2030 g/mol. The first-order valence-corrected chi connectivity index (χ1v) is 53.8. The van der Waals surface area contributed by atoms with Gasteiger partial charge in [-0.2, -0.15) is 0 Å². The number of aliphatic hydroxyl groups is 8. The molecule has 14 rings (SSSR count). The van der Waals surface area contributed by atoms with Gasteiger partial charge in [0.1, 0.15) is 35.1 Å². The van der Waals surface area contributed by atoms with E-state index in [1.165, 1.54) is 0 Å². The molecule has 5 aliphatic heterocycles. The van der Waals surface area contributed by atoms with Gasteiger partial charge in [-0.15, -0.1) is 0 Å². The van der Waals surface area contributed by atoms with E-state index in [4.69, 9.17) is 61.6 Å². The van der Waals surface area contributed by atoms with E-state index in [-0.39, 0.29) is 131 Å². The number of carbonyl (C=O) groups is 6. The molecule has 38 atom stereocenters. The normalized spacial score (nSPS) is 42.2. The highest BCUT2D eigenvalue weighted by atomic mass is 16.7. The van der Waals surface area contributed by atoms with Crippen LogP contribution in [0.15, 0.2) is 58.7 Å². The van der Waals surface area contributed by atoms with Gasteiger partial charge in [0.2, 0.25) is 0 Å². The van der Waals surface area contributed by atoms with Crippen LogP contribution < -0.4 is 16.0 Å². The summed E-state index contributed by atoms with van der Waals surface area (Å²) in [6.45, 7) is 85.3. The lowest BCUT2D eigenvalue weighted by atomic mass is 9.34. The maximum Gasteiger partial charge on any atom is 0.407 e. The summed E-state index contributed by atoms with van der Waals surface area (Å²) >= 11 is 0. The first kappa shape index (κ1) is 117. The number of nitrogens with one attached hydrogen (secondary N) is 3. The molecule has 6 saturated carbocycles. The van der Waals surface area contributed by atoms with Gasteiger partial charge in [0.15, 0.2) is 30.9 Å². The quantitative estimate of drug-likeness (QED) is 0.0289. The van der Waals surface area contributed by atoms with E-state index >= 15 is 0 Å². The summed E-state index contributed by atoms with van der Waals surface area (Å²) in [7, 11) is 0. The van der Waals surface area contributed by atoms with Crippen molar-refractivity contribution in [1.82, 2.24) is 16.0 Å². The Morgan fingerprint density at radius 3 is 0.986 bits per heavy atom. The molecule has 5 unspecified atom stereocenters. The Morgan fingerprint density at radius 2 is 0.701 bits per heavy atom. The minimum atomic E-state index is -1.67. The summed E-state index contributed by atoms with van der Waals surface area (Å²) in [5.74, 6) is -4.34. The summed E-state index contributed by atoms with van der Waals surface area (Å²) < 4.78 is 80.2. The molecule has 144 heavy (non-hydrogen) atoms. The molecule has 0 aromatic heterocycles. The Morgan fingerprint density at radius 1 is 0.417 bits per heavy atom. The van der Waals surface area contributed by atoms with Crippen molar-refractivity contribution < 1.29 is 131 Å². The molecule has 0 spiro atoms. The van der Waals surface area contributed by atoms with Gasteiger partial charge in [0.25, 0.3) is 0 Å². The van der Waals surface area contributed by atoms with E-state index in [0.717, 1.165) is 40.7 Å². The van der Waals surface area contributed by atoms with Gasteiger partial charge < -0.3 is 118 Å². The van der Waals surface area contributed by atoms with Gasteiger partial charge in [-0.1, -0.05) is 196 Å². The lowest BCUT2D eigenvalue weighted by Crippen LogP contribution is -2.77. The van der Waals surface area contributed by atoms with Gasteiger partial charge in [-0.25, -0.2) is 28.8 Å². The van der Waals surface area contributed by atoms with E-state index in [1.807, 2.05) is 111 Å². The van der Waals surface area contributed by atoms with Crippen LogP contribution in [0.25, 0.3) is 0 Å². The predicted octanol–water partition coefficient (Wildman–Crippen LogP) is 16.5. The highest BCUT2D eigenvalue weighted by Gasteiger charge is 2.79. The van der Waals surface area contributed by atoms with Crippen LogP contribution in [0.4, 0.5) is 14.4 Å². The van der Waals surface area contributed by atoms with Crippen molar-refractivity contribution in [1.29, 1.82) is 0 Å². The number of amides is 3. The molecule has 5 saturated heterocycles. The van der Waals surface area contributed by atoms with E-state index in [1.54, 1.807) is 74.5 Å². The Bertz CT molecular complexity index is 4850. The first-order chi connectivity index (χ1) is 65.7. The van der Waals surface area contributed by atoms with Crippen LogP contribution in [0.3, 0.4) is 0 Å². The van der Waals surface area contributed by atoms with Crippen molar-refractivity contribution in [2.75, 3.05) is 19.8 Å². The van der Waals surface area contributed by atoms with Crippen molar-refractivity contribution >= 4 is 36.2 Å². The Labute approximate surface area is 859 Å². The molecule has 30 nitrogen and oxygen atoms in total. The fraction of sp³-hybridized carbons (Fsp3) is 0.860. The third-order valence-electron chi connectivity index (χ3n) is 39.0. The second-order valence-electron chi connectivity index (χ2n) is 54.3. The molecule has 9 aliphatic carbocycles. The molecule has 820 valence electrons. The molecule has 11 N–H and O–H groups in total. The average Bonchev–Trinajstić information content (AvgIpc) is 0.658. The van der Waals surface area contributed by atoms with Crippen LogP contribution >= 0.6 is 0 Å². The minimum Gasteiger partial charge on any atom is -0.456 e. The molecule has 11 fully saturated rings. The lowest BCUT2D eigenvalue weighted by molar-refractivity contribution is -0.385. The van der Waals surface area contributed by atoms with E-state index in [0.29, 0.717) is 57.5 Å². The van der Waals surface area contributed by atoms with Gasteiger partial charge in [-0.05, 0) is 210 Å². The number of carbonyl (C=O) groups excluding carboxylic acids is 6. The molecular weight excluding hydrogens is 1840 g/mol. The summed E-state index contributed by atoms with van der Waals surface area (Å²) in [4.78, 5) is 79.6. The molecule has 0 aromatic carbocycles. The van der Waals surface area contributed by atoms with Crippen LogP contribution in [0, 0.1) is 125 Å². The van der Waals surface area contributed by atoms with Crippen molar-refractivity contribution in [3.63, 3.8) is 0 Å². The summed E-state index contributed by atoms with van der Waals surface area (Å²) in [5.41, 5.74) is -6.28. The van der Waals surface area contributed by atoms with E-state index in [2.05, 4.69) is 119 Å². The number of hydrogen-bond acceptors (Lipinski definition) is 27. The molecule has 6 bridgehead atoms. The van der Waals surface area contributed by atoms with Crippen molar-refractivity contribution in [3.05, 3.63) is 58.7 Å². The van der Waals surface area contributed by atoms with Crippen LogP contribution in [0.2, 0.25) is 0 Å². The summed E-state index contributed by atoms with van der Waals surface area (Å²) in [5, 5.41) is 105. The molecule has 14 aliphatic rings. The third-order valence-corrected chi connectivity index (χ3v) is 39.0. The van der Waals surface area contributed by atoms with Crippen LogP contribution in [0.1, 0.15) is 321 Å². The summed E-state index contributed by atoms with van der Waals surface area (Å²) in [6, 6.07) is -2.80. The number of aliphatic hydroxyl groups excluding tert-OH is 5. The maximum absolute atomic E-state index is 14.1. The first-order valence-electron chi connectivity index (χ1n) is 53.8. The number of ether oxygens (including phenoxy) is 13. The molecule has 0 radical (unpaired) electrons. The molecule has 30 heteroatoms. The van der Waals surface area contributed by atoms with Crippen molar-refractivity contribution in [2.24, 2.45) is 125 Å². The van der Waals surface area contributed by atoms with Gasteiger partial charge >= 0.3 is 36.2 Å². The standard InChI is InChI=1S/C41H67NO9.C38H61NO9.C35H59NO9/c1-16-29-49-28-18-27-39(14,20-47-27)32-24(6)41(38(12,13)46)19-26(22(4)30(37(41,10)11)23(5)33(50-29)40(28,32)15)48-34(44)31(43)25(17-21(2)3)42-35(45)51-36(7,8)9;1-14-27-46-26-16-25-36(12,18-44-25)30-22(6)38(43)17-24(20(4)28(35(38,10)11)21(5)31(47-27)37(26,30)13)45-32(41)29(40)23(15-19(2)3)39-33(42)48-34(7,8)9;1-17(2)13-21(36-30(41)45-31(6,7)8)26(38)29(40)44-22-15-35(42)20(5)27-33(11)16-43-24(33)14-23(37)34(27,12)28(39)19(4)25(18(22)3)32(35,9)10/h16,21,23-29,31-33,43,46H,1,17-20H2,2-15H3,(H,42,45);14,19,21-27,29-31,40,43H,1,15-18H2,2-13H3,(H,39,42);17,19-24,26-28,37-39,42H,13-16H2,1-12H3,(H,36,41)/t23-,24-,25-,26-,27+,28-,29?,31?,32+,33-,39+,40+,41+;21-,22-,23-,24-,25+,26-,27?,29?,30+,31-,36+,37+,38+;19-,20-,21-,22-,23-,24+,26?,27+,28-,33+,34+,35+/m000/s1. The minimum absolute atomic E-state index is 0.00316. The van der Waals surface area contributed by atoms with Gasteiger partial charge in [0, 0.05) is 98.6 Å². The lowest BCUT2D eigenvalue weighted by Gasteiger charge is -2.74. The predicted molar refractivity (Wildman–Crippen MR) is 544 cm³/mol. The largest absolute Gasteiger partial charge is 0.456 e. The van der Waals surface area contributed by atoms with Gasteiger partial charge in [-0.3, -0.25) is 0 Å². The third kappa shape index (κ3) is 19.7. The zero-order valence-corrected chi connectivity index (χ0v) is 94.4. The van der Waals surface area contributed by atoms with E-state index < -0.39 is 199 Å². The van der Waals surface area contributed by atoms with Crippen LogP contribution in [-0.4, -0.2) is 253 Å². The van der Waals surface area contributed by atoms with Crippen molar-refractivity contribution in [3.8, 4) is 0 Å². The molecular formula is C114H187N3O27. The Kier molecular flexibility index (Phi) is 32.6. The molecule has 0 aromatic rings. The second kappa shape index (κ2) is 40.1. The van der Waals surface area contributed by atoms with E-state index in [9.17, 15) is 69.6 Å². The SMILES string of the molecule is C=CC1O[C@H]2C[C@H]3OC[C@@]3(C)[C@H]3[C@H](C)[C@]4(C(C)(C)O)C[C@H](OC(=O)C(O)[C@H](CC(C)C)NC(=O)OC(C)(C)C)C(C)=C([C@H](C)[C@H](O1)[C@]23C)C4(C)C.C=CC1O[C@H]2C[C@H]3OC[C@@]3(C)[C@H]3[C@H](C)[C@]4(O)C[C@H](OC(=O)C(O)[C@H](CC(C)C)NC(=O)OC(C)(C)C)C(C)=C([C@H](C)[C@H](O1)[C@]23C)C4(C)C.CC1=C2[C@H](C)[C@H](O)[C@@]3(C)[C@H]([C@H](C)[C@](O)(C[C@@H]1OC(=O)C(O)[C@H](CC(C)C)NC(=O)OC(C)(C)C)C2(C)C)[C@]1(C)CO[C@@H]1C[C@@H]3O. The second-order valence-corrected chi connectivity index (χ2v) is 54.3. The highest BCUT2D eigenvalue weighted by molar-refractivity contribution is 5.79. The smallest absolute Gasteiger partial charge is 0.407 e.